The van der Waals surface area contributed by atoms with Gasteiger partial charge < -0.3 is 19.7 Å². The lowest BCUT2D eigenvalue weighted by molar-refractivity contribution is -0.549. The Kier molecular flexibility index (Phi) is 2.40. The van der Waals surface area contributed by atoms with Crippen LogP contribution in [0.2, 0.25) is 0 Å². The Labute approximate surface area is 147 Å². The van der Waals surface area contributed by atoms with Crippen molar-refractivity contribution in [3.63, 3.8) is 0 Å². The third-order valence-electron chi connectivity index (χ3n) is 9.05. The molecule has 5 nitrogen and oxygen atoms in total. The first kappa shape index (κ1) is 15.3. The van der Waals surface area contributed by atoms with Gasteiger partial charge in [0, 0.05) is 17.3 Å². The van der Waals surface area contributed by atoms with Crippen LogP contribution in [0.1, 0.15) is 46.0 Å². The normalized spacial score (nSPS) is 63.0. The van der Waals surface area contributed by atoms with E-state index >= 15 is 0 Å². The summed E-state index contributed by atoms with van der Waals surface area (Å²) < 4.78 is 12.4. The standard InChI is InChI=1S/C20H26O5/c1-9-10-5-6-11-18-8-4-7-17(2,3)12(18)14(22)20(23)19(11,13(9)21)15(10)24-16(18)25-20/h10-12,14-16,22-23H,1,4-8H2,2-3H3/t10-,11-,12+,14-,15-,16-,18+,19-,20+/m0/s1. The Morgan fingerprint density at radius 3 is 2.76 bits per heavy atom. The van der Waals surface area contributed by atoms with E-state index in [0.717, 1.165) is 32.1 Å². The number of aliphatic hydroxyl groups excluding tert-OH is 1. The molecule has 8 fully saturated rings. The highest BCUT2D eigenvalue weighted by atomic mass is 16.8. The molecule has 8 aliphatic rings. The number of rotatable bonds is 0. The Balaban J connectivity index is 1.68. The first-order chi connectivity index (χ1) is 11.7. The Morgan fingerprint density at radius 1 is 1.24 bits per heavy atom. The van der Waals surface area contributed by atoms with Crippen molar-refractivity contribution in [3.05, 3.63) is 12.2 Å². The van der Waals surface area contributed by atoms with Gasteiger partial charge in [0.1, 0.15) is 11.5 Å². The second kappa shape index (κ2) is 3.91. The van der Waals surface area contributed by atoms with E-state index in [4.69, 9.17) is 9.47 Å². The molecule has 4 saturated carbocycles. The quantitative estimate of drug-likeness (QED) is 0.654. The summed E-state index contributed by atoms with van der Waals surface area (Å²) in [4.78, 5) is 13.4. The van der Waals surface area contributed by atoms with Crippen LogP contribution in [0.5, 0.6) is 0 Å². The average molecular weight is 346 g/mol. The molecule has 4 heterocycles. The molecule has 2 spiro atoms. The van der Waals surface area contributed by atoms with Gasteiger partial charge in [-0.1, -0.05) is 26.8 Å². The van der Waals surface area contributed by atoms with Crippen LogP contribution >= 0.6 is 0 Å². The zero-order valence-electron chi connectivity index (χ0n) is 14.8. The average Bonchev–Trinajstić information content (AvgIpc) is 2.68. The number of aliphatic hydroxyl groups is 2. The number of ketones is 1. The molecular weight excluding hydrogens is 320 g/mol. The topological polar surface area (TPSA) is 76.0 Å². The predicted molar refractivity (Wildman–Crippen MR) is 87.1 cm³/mol. The minimum absolute atomic E-state index is 0.0125. The molecule has 0 amide bonds. The van der Waals surface area contributed by atoms with Crippen molar-refractivity contribution >= 4 is 5.78 Å². The van der Waals surface area contributed by atoms with Crippen molar-refractivity contribution in [1.29, 1.82) is 0 Å². The Morgan fingerprint density at radius 2 is 2.00 bits per heavy atom. The maximum atomic E-state index is 13.4. The highest BCUT2D eigenvalue weighted by molar-refractivity contribution is 6.05. The molecule has 4 saturated heterocycles. The van der Waals surface area contributed by atoms with E-state index in [1.165, 1.54) is 0 Å². The second-order valence-corrected chi connectivity index (χ2v) is 10.0. The van der Waals surface area contributed by atoms with Gasteiger partial charge in [0.15, 0.2) is 12.1 Å². The molecule has 25 heavy (non-hydrogen) atoms. The van der Waals surface area contributed by atoms with Gasteiger partial charge in [-0.25, -0.2) is 0 Å². The lowest BCUT2D eigenvalue weighted by Crippen LogP contribution is -2.89. The number of ether oxygens (including phenoxy) is 2. The largest absolute Gasteiger partial charge is 0.387 e. The van der Waals surface area contributed by atoms with Crippen LogP contribution in [0.3, 0.4) is 0 Å². The van der Waals surface area contributed by atoms with Crippen LogP contribution < -0.4 is 0 Å². The summed E-state index contributed by atoms with van der Waals surface area (Å²) in [6, 6.07) is 0. The van der Waals surface area contributed by atoms with Crippen LogP contribution in [0.15, 0.2) is 12.2 Å². The third-order valence-corrected chi connectivity index (χ3v) is 9.05. The van der Waals surface area contributed by atoms with E-state index in [9.17, 15) is 15.0 Å². The highest BCUT2D eigenvalue weighted by Crippen LogP contribution is 2.81. The number of hydrogen-bond acceptors (Lipinski definition) is 5. The molecule has 9 atom stereocenters. The molecule has 7 bridgehead atoms. The Hall–Kier alpha value is -0.750. The predicted octanol–water partition coefficient (Wildman–Crippen LogP) is 1.77. The van der Waals surface area contributed by atoms with E-state index in [-0.39, 0.29) is 40.5 Å². The van der Waals surface area contributed by atoms with Crippen molar-refractivity contribution in [3.8, 4) is 0 Å². The zero-order chi connectivity index (χ0) is 17.6. The molecule has 2 N–H and O–H groups in total. The smallest absolute Gasteiger partial charge is 0.211 e. The van der Waals surface area contributed by atoms with Gasteiger partial charge in [0.05, 0.1) is 6.10 Å². The van der Waals surface area contributed by atoms with Crippen molar-refractivity contribution in [2.45, 2.75) is 70.2 Å². The number of Topliss-reactive ketones (excluding diaryl/α,β-unsaturated/α-hetero) is 1. The molecule has 4 aliphatic carbocycles. The lowest BCUT2D eigenvalue weighted by atomic mass is 9.34. The maximum absolute atomic E-state index is 13.4. The fraction of sp³-hybridized carbons (Fsp3) is 0.850. The number of carbonyl (C=O) groups is 1. The van der Waals surface area contributed by atoms with Crippen LogP contribution in [-0.4, -0.2) is 40.3 Å². The van der Waals surface area contributed by atoms with Crippen LogP contribution in [0, 0.1) is 34.0 Å². The van der Waals surface area contributed by atoms with Crippen LogP contribution in [0.25, 0.3) is 0 Å². The molecule has 136 valence electrons. The van der Waals surface area contributed by atoms with E-state index in [2.05, 4.69) is 20.4 Å². The minimum atomic E-state index is -1.85. The van der Waals surface area contributed by atoms with E-state index in [1.807, 2.05) is 0 Å². The van der Waals surface area contributed by atoms with Crippen molar-refractivity contribution in [2.24, 2.45) is 34.0 Å². The monoisotopic (exact) mass is 346 g/mol. The van der Waals surface area contributed by atoms with Gasteiger partial charge in [0.25, 0.3) is 0 Å². The van der Waals surface area contributed by atoms with Gasteiger partial charge in [0.2, 0.25) is 5.79 Å². The van der Waals surface area contributed by atoms with Gasteiger partial charge in [-0.05, 0) is 42.6 Å². The molecule has 0 aromatic rings. The van der Waals surface area contributed by atoms with E-state index in [1.54, 1.807) is 0 Å². The van der Waals surface area contributed by atoms with E-state index in [0.29, 0.717) is 5.57 Å². The highest BCUT2D eigenvalue weighted by Gasteiger charge is 2.91. The fourth-order valence-corrected chi connectivity index (χ4v) is 8.46. The summed E-state index contributed by atoms with van der Waals surface area (Å²) in [7, 11) is 0. The molecule has 4 aliphatic heterocycles. The van der Waals surface area contributed by atoms with Gasteiger partial charge in [-0.15, -0.1) is 0 Å². The molecule has 0 aromatic carbocycles. The molecule has 0 aromatic heterocycles. The zero-order valence-corrected chi connectivity index (χ0v) is 14.8. The fourth-order valence-electron chi connectivity index (χ4n) is 8.46. The third kappa shape index (κ3) is 1.18. The summed E-state index contributed by atoms with van der Waals surface area (Å²) >= 11 is 0. The van der Waals surface area contributed by atoms with Crippen molar-refractivity contribution in [1.82, 2.24) is 0 Å². The van der Waals surface area contributed by atoms with Crippen LogP contribution in [-0.2, 0) is 14.3 Å². The van der Waals surface area contributed by atoms with Gasteiger partial charge >= 0.3 is 0 Å². The molecule has 0 unspecified atom stereocenters. The minimum Gasteiger partial charge on any atom is -0.387 e. The lowest BCUT2D eigenvalue weighted by Gasteiger charge is -2.79. The summed E-state index contributed by atoms with van der Waals surface area (Å²) in [6.07, 6.45) is 2.73. The summed E-state index contributed by atoms with van der Waals surface area (Å²) in [5.41, 5.74) is -1.10. The van der Waals surface area contributed by atoms with Gasteiger partial charge in [-0.3, -0.25) is 4.79 Å². The first-order valence-electron chi connectivity index (χ1n) is 9.70. The van der Waals surface area contributed by atoms with E-state index < -0.39 is 23.6 Å². The Bertz CT molecular complexity index is 730. The van der Waals surface area contributed by atoms with Crippen molar-refractivity contribution < 1.29 is 24.5 Å². The first-order valence-corrected chi connectivity index (χ1v) is 9.70. The van der Waals surface area contributed by atoms with Gasteiger partial charge in [-0.2, -0.15) is 0 Å². The van der Waals surface area contributed by atoms with Crippen molar-refractivity contribution in [2.75, 3.05) is 0 Å². The SMILES string of the molecule is C=C1C(=O)[C@@]23[C@H]4O[C@H]5O[C@]2(O)[C@@H](O)[C@@H]2C(C)(C)CCC[C@]52[C@@H]3CC[C@@H]14. The van der Waals surface area contributed by atoms with Crippen LogP contribution in [0.4, 0.5) is 0 Å². The molecule has 5 heteroatoms. The summed E-state index contributed by atoms with van der Waals surface area (Å²) in [5.74, 6) is -2.11. The summed E-state index contributed by atoms with van der Waals surface area (Å²) in [6.45, 7) is 8.39. The molecule has 0 radical (unpaired) electrons. The summed E-state index contributed by atoms with van der Waals surface area (Å²) in [5, 5.41) is 23.1. The molecular formula is C20H26O5. The second-order valence-electron chi connectivity index (χ2n) is 10.0. The number of hydrogen-bond donors (Lipinski definition) is 2. The number of carbonyl (C=O) groups excluding carboxylic acids is 1. The molecule has 8 rings (SSSR count). The maximum Gasteiger partial charge on any atom is 0.211 e.